The molecule has 2 rings (SSSR count). The van der Waals surface area contributed by atoms with Crippen molar-refractivity contribution in [3.05, 3.63) is 65.2 Å². The molecule has 2 N–H and O–H groups in total. The second-order valence-corrected chi connectivity index (χ2v) is 6.15. The van der Waals surface area contributed by atoms with E-state index in [1.807, 2.05) is 0 Å². The Labute approximate surface area is 162 Å². The van der Waals surface area contributed by atoms with Gasteiger partial charge in [-0.05, 0) is 55.0 Å². The highest BCUT2D eigenvalue weighted by Gasteiger charge is 2.16. The Morgan fingerprint density at radius 1 is 0.963 bits per heavy atom. The Hall–Kier alpha value is -3.12. The average Bonchev–Trinajstić information content (AvgIpc) is 2.62. The van der Waals surface area contributed by atoms with Crippen molar-refractivity contribution in [3.63, 3.8) is 0 Å². The zero-order chi connectivity index (χ0) is 19.8. The van der Waals surface area contributed by atoms with Crippen molar-refractivity contribution in [3.8, 4) is 0 Å². The molecular weight excluding hydrogens is 368 g/mol. The van der Waals surface area contributed by atoms with Crippen LogP contribution in [0, 0.1) is 0 Å². The van der Waals surface area contributed by atoms with Crippen molar-refractivity contribution in [2.45, 2.75) is 20.0 Å². The third-order valence-corrected chi connectivity index (χ3v) is 3.67. The molecule has 2 aromatic rings. The van der Waals surface area contributed by atoms with Crippen molar-refractivity contribution in [1.29, 1.82) is 0 Å². The molecule has 0 spiro atoms. The minimum absolute atomic E-state index is 0.182. The van der Waals surface area contributed by atoms with E-state index in [0.29, 0.717) is 16.4 Å². The standard InChI is InChI=1S/C20H19ClN2O4/c1-13(27-19(25)12-5-15-3-6-16(21)7-4-15)20(26)23-18-10-8-17(9-11-18)22-14(2)24/h3-13H,1-2H3,(H,22,24)(H,23,26)/b12-5+/t13-/m0/s1. The molecule has 7 heteroatoms. The van der Waals surface area contributed by atoms with Crippen LogP contribution in [0.3, 0.4) is 0 Å². The number of hydrogen-bond donors (Lipinski definition) is 2. The topological polar surface area (TPSA) is 84.5 Å². The molecule has 6 nitrogen and oxygen atoms in total. The van der Waals surface area contributed by atoms with Crippen LogP contribution < -0.4 is 10.6 Å². The van der Waals surface area contributed by atoms with E-state index >= 15 is 0 Å². The molecule has 0 heterocycles. The van der Waals surface area contributed by atoms with E-state index in [9.17, 15) is 14.4 Å². The van der Waals surface area contributed by atoms with Gasteiger partial charge in [0.1, 0.15) is 0 Å². The van der Waals surface area contributed by atoms with Gasteiger partial charge >= 0.3 is 5.97 Å². The van der Waals surface area contributed by atoms with Gasteiger partial charge in [-0.1, -0.05) is 23.7 Å². The molecule has 0 unspecified atom stereocenters. The molecule has 2 amide bonds. The van der Waals surface area contributed by atoms with Gasteiger partial charge in [-0.15, -0.1) is 0 Å². The van der Waals surface area contributed by atoms with Gasteiger partial charge < -0.3 is 15.4 Å². The SMILES string of the molecule is CC(=O)Nc1ccc(NC(=O)[C@H](C)OC(=O)/C=C/c2ccc(Cl)cc2)cc1. The number of amides is 2. The van der Waals surface area contributed by atoms with Crippen LogP contribution in [-0.2, 0) is 19.1 Å². The normalized spacial score (nSPS) is 11.7. The Morgan fingerprint density at radius 2 is 1.52 bits per heavy atom. The lowest BCUT2D eigenvalue weighted by Gasteiger charge is -2.12. The van der Waals surface area contributed by atoms with Crippen molar-refractivity contribution in [1.82, 2.24) is 0 Å². The van der Waals surface area contributed by atoms with Crippen LogP contribution in [0.2, 0.25) is 5.02 Å². The molecular formula is C20H19ClN2O4. The average molecular weight is 387 g/mol. The minimum atomic E-state index is -0.970. The van der Waals surface area contributed by atoms with E-state index in [1.54, 1.807) is 54.6 Å². The molecule has 0 aliphatic carbocycles. The highest BCUT2D eigenvalue weighted by molar-refractivity contribution is 6.30. The lowest BCUT2D eigenvalue weighted by molar-refractivity contribution is -0.148. The maximum atomic E-state index is 12.1. The van der Waals surface area contributed by atoms with Crippen molar-refractivity contribution in [2.24, 2.45) is 0 Å². The van der Waals surface area contributed by atoms with Gasteiger partial charge in [0.05, 0.1) is 0 Å². The Bertz CT molecular complexity index is 845. The summed E-state index contributed by atoms with van der Waals surface area (Å²) >= 11 is 5.80. The number of rotatable bonds is 6. The lowest BCUT2D eigenvalue weighted by atomic mass is 10.2. The molecule has 0 fully saturated rings. The van der Waals surface area contributed by atoms with Gasteiger partial charge in [-0.3, -0.25) is 9.59 Å². The molecule has 0 saturated heterocycles. The van der Waals surface area contributed by atoms with Crippen LogP contribution in [0.4, 0.5) is 11.4 Å². The van der Waals surface area contributed by atoms with E-state index in [2.05, 4.69) is 10.6 Å². The monoisotopic (exact) mass is 386 g/mol. The fourth-order valence-electron chi connectivity index (χ4n) is 2.09. The first-order chi connectivity index (χ1) is 12.8. The van der Waals surface area contributed by atoms with Crippen molar-refractivity contribution >= 4 is 46.8 Å². The zero-order valence-electron chi connectivity index (χ0n) is 14.9. The number of halogens is 1. The predicted octanol–water partition coefficient (Wildman–Crippen LogP) is 3.88. The number of esters is 1. The van der Waals surface area contributed by atoms with Crippen LogP contribution in [0.5, 0.6) is 0 Å². The second-order valence-electron chi connectivity index (χ2n) is 5.71. The molecule has 0 radical (unpaired) electrons. The van der Waals surface area contributed by atoms with Crippen LogP contribution in [0.1, 0.15) is 19.4 Å². The van der Waals surface area contributed by atoms with E-state index in [1.165, 1.54) is 19.9 Å². The highest BCUT2D eigenvalue weighted by Crippen LogP contribution is 2.14. The number of hydrogen-bond acceptors (Lipinski definition) is 4. The lowest BCUT2D eigenvalue weighted by Crippen LogP contribution is -2.29. The number of carbonyl (C=O) groups is 3. The smallest absolute Gasteiger partial charge is 0.331 e. The molecule has 0 bridgehead atoms. The summed E-state index contributed by atoms with van der Waals surface area (Å²) in [6.45, 7) is 2.89. The van der Waals surface area contributed by atoms with Crippen molar-refractivity contribution in [2.75, 3.05) is 10.6 Å². The fourth-order valence-corrected chi connectivity index (χ4v) is 2.22. The van der Waals surface area contributed by atoms with Gasteiger partial charge in [0, 0.05) is 29.4 Å². The molecule has 0 saturated carbocycles. The van der Waals surface area contributed by atoms with Gasteiger partial charge in [0.15, 0.2) is 6.10 Å². The summed E-state index contributed by atoms with van der Waals surface area (Å²) in [5.41, 5.74) is 1.92. The van der Waals surface area contributed by atoms with E-state index in [0.717, 1.165) is 5.56 Å². The maximum Gasteiger partial charge on any atom is 0.331 e. The molecule has 27 heavy (non-hydrogen) atoms. The zero-order valence-corrected chi connectivity index (χ0v) is 15.6. The number of anilines is 2. The van der Waals surface area contributed by atoms with Crippen LogP contribution in [0.25, 0.3) is 6.08 Å². The summed E-state index contributed by atoms with van der Waals surface area (Å²) in [6, 6.07) is 13.5. The Balaban J connectivity index is 1.86. The molecule has 0 aliphatic heterocycles. The number of ether oxygens (including phenoxy) is 1. The van der Waals surface area contributed by atoms with Gasteiger partial charge in [0.25, 0.3) is 5.91 Å². The maximum absolute atomic E-state index is 12.1. The first-order valence-electron chi connectivity index (χ1n) is 8.16. The summed E-state index contributed by atoms with van der Waals surface area (Å²) in [7, 11) is 0. The summed E-state index contributed by atoms with van der Waals surface area (Å²) in [6.07, 6.45) is 1.85. The minimum Gasteiger partial charge on any atom is -0.449 e. The first-order valence-corrected chi connectivity index (χ1v) is 8.54. The van der Waals surface area contributed by atoms with Gasteiger partial charge in [-0.25, -0.2) is 4.79 Å². The molecule has 0 aliphatic rings. The largest absolute Gasteiger partial charge is 0.449 e. The van der Waals surface area contributed by atoms with E-state index in [-0.39, 0.29) is 5.91 Å². The summed E-state index contributed by atoms with van der Waals surface area (Å²) in [4.78, 5) is 35.0. The Kier molecular flexibility index (Phi) is 7.14. The quantitative estimate of drug-likeness (QED) is 0.582. The van der Waals surface area contributed by atoms with E-state index < -0.39 is 18.0 Å². The molecule has 2 aromatic carbocycles. The predicted molar refractivity (Wildman–Crippen MR) is 105 cm³/mol. The van der Waals surface area contributed by atoms with Crippen molar-refractivity contribution < 1.29 is 19.1 Å². The van der Waals surface area contributed by atoms with E-state index in [4.69, 9.17) is 16.3 Å². The van der Waals surface area contributed by atoms with Gasteiger partial charge in [0.2, 0.25) is 5.91 Å². The van der Waals surface area contributed by atoms with Crippen LogP contribution >= 0.6 is 11.6 Å². The summed E-state index contributed by atoms with van der Waals surface area (Å²) in [5.74, 6) is -1.27. The first kappa shape index (κ1) is 20.2. The fraction of sp³-hybridized carbons (Fsp3) is 0.150. The van der Waals surface area contributed by atoms with Gasteiger partial charge in [-0.2, -0.15) is 0 Å². The summed E-state index contributed by atoms with van der Waals surface area (Å²) in [5, 5.41) is 5.87. The number of carbonyl (C=O) groups excluding carboxylic acids is 3. The summed E-state index contributed by atoms with van der Waals surface area (Å²) < 4.78 is 5.09. The third kappa shape index (κ3) is 6.95. The number of benzene rings is 2. The number of nitrogens with one attached hydrogen (secondary N) is 2. The molecule has 0 aromatic heterocycles. The second kappa shape index (κ2) is 9.54. The molecule has 1 atom stereocenters. The highest BCUT2D eigenvalue weighted by atomic mass is 35.5. The Morgan fingerprint density at radius 3 is 2.07 bits per heavy atom. The molecule has 140 valence electrons. The third-order valence-electron chi connectivity index (χ3n) is 3.42. The van der Waals surface area contributed by atoms with Crippen LogP contribution in [-0.4, -0.2) is 23.9 Å². The van der Waals surface area contributed by atoms with Crippen LogP contribution in [0.15, 0.2) is 54.6 Å².